The van der Waals surface area contributed by atoms with Crippen LogP contribution in [0.5, 0.6) is 11.5 Å². The highest BCUT2D eigenvalue weighted by molar-refractivity contribution is 7.88. The van der Waals surface area contributed by atoms with E-state index < -0.39 is 10.0 Å². The van der Waals surface area contributed by atoms with E-state index in [1.165, 1.54) is 0 Å². The smallest absolute Gasteiger partial charge is 0.244 e. The molecule has 2 atom stereocenters. The summed E-state index contributed by atoms with van der Waals surface area (Å²) >= 11 is 0. The van der Waals surface area contributed by atoms with Crippen LogP contribution in [0.3, 0.4) is 0 Å². The van der Waals surface area contributed by atoms with Gasteiger partial charge in [-0.3, -0.25) is 4.90 Å². The van der Waals surface area contributed by atoms with E-state index in [0.717, 1.165) is 11.8 Å². The number of aromatic nitrogens is 2. The minimum Gasteiger partial charge on any atom is -0.454 e. The van der Waals surface area contributed by atoms with Gasteiger partial charge in [0.2, 0.25) is 28.5 Å². The van der Waals surface area contributed by atoms with Crippen molar-refractivity contribution in [2.75, 3.05) is 26.6 Å². The molecule has 0 saturated carbocycles. The number of rotatable bonds is 4. The second-order valence-electron chi connectivity index (χ2n) is 6.30. The molecule has 1 aromatic carbocycles. The van der Waals surface area contributed by atoms with Crippen LogP contribution in [-0.2, 0) is 10.0 Å². The summed E-state index contributed by atoms with van der Waals surface area (Å²) in [7, 11) is -1.35. The first-order valence-electron chi connectivity index (χ1n) is 7.80. The molecule has 2 aromatic rings. The van der Waals surface area contributed by atoms with Gasteiger partial charge in [-0.25, -0.2) is 13.1 Å². The number of likely N-dealkylation sites (tertiary alicyclic amines) is 1. The van der Waals surface area contributed by atoms with Crippen molar-refractivity contribution in [3.8, 4) is 22.9 Å². The number of ether oxygens (including phenoxy) is 2. The highest BCUT2D eigenvalue weighted by Crippen LogP contribution is 2.36. The van der Waals surface area contributed by atoms with E-state index in [2.05, 4.69) is 14.9 Å². The zero-order chi connectivity index (χ0) is 17.6. The number of hydrogen-bond acceptors (Lipinski definition) is 8. The van der Waals surface area contributed by atoms with Crippen LogP contribution in [0.15, 0.2) is 22.7 Å². The highest BCUT2D eigenvalue weighted by Gasteiger charge is 2.35. The molecule has 134 valence electrons. The molecule has 1 saturated heterocycles. The first kappa shape index (κ1) is 16.3. The Labute approximate surface area is 145 Å². The Morgan fingerprint density at radius 1 is 1.28 bits per heavy atom. The fourth-order valence-electron chi connectivity index (χ4n) is 3.20. The van der Waals surface area contributed by atoms with E-state index >= 15 is 0 Å². The normalized spacial score (nSPS) is 23.3. The van der Waals surface area contributed by atoms with Crippen molar-refractivity contribution in [2.45, 2.75) is 18.5 Å². The SMILES string of the molecule is CN1CC(NS(C)(=O)=O)CC1c1nc(-c2ccc3c(c2)OCO3)no1. The molecular weight excluding hydrogens is 348 g/mol. The van der Waals surface area contributed by atoms with E-state index in [4.69, 9.17) is 14.0 Å². The van der Waals surface area contributed by atoms with Crippen molar-refractivity contribution >= 4 is 10.0 Å². The van der Waals surface area contributed by atoms with Crippen LogP contribution >= 0.6 is 0 Å². The lowest BCUT2D eigenvalue weighted by atomic mass is 10.1. The maximum absolute atomic E-state index is 11.4. The molecule has 1 N–H and O–H groups in total. The van der Waals surface area contributed by atoms with E-state index in [0.29, 0.717) is 36.2 Å². The second kappa shape index (κ2) is 5.97. The Morgan fingerprint density at radius 3 is 2.88 bits per heavy atom. The predicted octanol–water partition coefficient (Wildman–Crippen LogP) is 0.760. The largest absolute Gasteiger partial charge is 0.454 e. The Morgan fingerprint density at radius 2 is 2.08 bits per heavy atom. The molecule has 10 heteroatoms. The highest BCUT2D eigenvalue weighted by atomic mass is 32.2. The zero-order valence-electron chi connectivity index (χ0n) is 13.8. The third-order valence-electron chi connectivity index (χ3n) is 4.29. The average molecular weight is 366 g/mol. The molecule has 3 heterocycles. The van der Waals surface area contributed by atoms with Crippen molar-refractivity contribution in [1.82, 2.24) is 19.8 Å². The molecule has 2 aliphatic heterocycles. The van der Waals surface area contributed by atoms with Crippen LogP contribution < -0.4 is 14.2 Å². The Kier molecular flexibility index (Phi) is 3.89. The fraction of sp³-hybridized carbons (Fsp3) is 0.467. The van der Waals surface area contributed by atoms with Gasteiger partial charge in [0.1, 0.15) is 0 Å². The lowest BCUT2D eigenvalue weighted by Crippen LogP contribution is -2.35. The minimum atomic E-state index is -3.25. The molecule has 0 bridgehead atoms. The molecule has 1 fully saturated rings. The van der Waals surface area contributed by atoms with Crippen LogP contribution in [0.4, 0.5) is 0 Å². The summed E-state index contributed by atoms with van der Waals surface area (Å²) in [6.45, 7) is 0.789. The lowest BCUT2D eigenvalue weighted by Gasteiger charge is -2.14. The summed E-state index contributed by atoms with van der Waals surface area (Å²) in [4.78, 5) is 6.48. The predicted molar refractivity (Wildman–Crippen MR) is 87.6 cm³/mol. The molecule has 0 radical (unpaired) electrons. The van der Waals surface area contributed by atoms with Crippen LogP contribution in [-0.4, -0.2) is 56.1 Å². The third kappa shape index (κ3) is 3.32. The standard InChI is InChI=1S/C15H18N4O5S/c1-19-7-10(18-25(2,20)21)6-11(19)15-16-14(17-24-15)9-3-4-12-13(5-9)23-8-22-12/h3-5,10-11,18H,6-8H2,1-2H3. The molecule has 2 aliphatic rings. The van der Waals surface area contributed by atoms with Crippen LogP contribution in [0.2, 0.25) is 0 Å². The molecule has 4 rings (SSSR count). The first-order chi connectivity index (χ1) is 11.9. The maximum Gasteiger partial charge on any atom is 0.244 e. The first-order valence-corrected chi connectivity index (χ1v) is 9.69. The van der Waals surface area contributed by atoms with Gasteiger partial charge >= 0.3 is 0 Å². The Hall–Kier alpha value is -2.17. The summed E-state index contributed by atoms with van der Waals surface area (Å²) in [5.41, 5.74) is 0.769. The number of benzene rings is 1. The topological polar surface area (TPSA) is 107 Å². The van der Waals surface area contributed by atoms with E-state index in [9.17, 15) is 8.42 Å². The number of sulfonamides is 1. The number of nitrogens with zero attached hydrogens (tertiary/aromatic N) is 3. The molecule has 9 nitrogen and oxygen atoms in total. The molecule has 1 aromatic heterocycles. The number of nitrogens with one attached hydrogen (secondary N) is 1. The van der Waals surface area contributed by atoms with Gasteiger partial charge in [0.25, 0.3) is 0 Å². The number of hydrogen-bond donors (Lipinski definition) is 1. The van der Waals surface area contributed by atoms with Crippen LogP contribution in [0, 0.1) is 0 Å². The number of likely N-dealkylation sites (N-methyl/N-ethyl adjacent to an activating group) is 1. The van der Waals surface area contributed by atoms with Crippen molar-refractivity contribution in [3.63, 3.8) is 0 Å². The van der Waals surface area contributed by atoms with Gasteiger partial charge < -0.3 is 14.0 Å². The average Bonchev–Trinajstić information content (AvgIpc) is 3.23. The molecule has 2 unspecified atom stereocenters. The number of fused-ring (bicyclic) bond motifs is 1. The van der Waals surface area contributed by atoms with Gasteiger partial charge in [0.15, 0.2) is 11.5 Å². The summed E-state index contributed by atoms with van der Waals surface area (Å²) in [6, 6.07) is 5.15. The fourth-order valence-corrected chi connectivity index (χ4v) is 3.98. The van der Waals surface area contributed by atoms with Crippen molar-refractivity contribution < 1.29 is 22.4 Å². The van der Waals surface area contributed by atoms with Gasteiger partial charge in [0.05, 0.1) is 12.3 Å². The Balaban J connectivity index is 1.53. The second-order valence-corrected chi connectivity index (χ2v) is 8.08. The summed E-state index contributed by atoms with van der Waals surface area (Å²) in [5, 5.41) is 4.04. The van der Waals surface area contributed by atoms with Gasteiger partial charge in [-0.2, -0.15) is 4.98 Å². The van der Waals surface area contributed by atoms with E-state index in [-0.39, 0.29) is 18.9 Å². The molecule has 0 spiro atoms. The zero-order valence-corrected chi connectivity index (χ0v) is 14.6. The van der Waals surface area contributed by atoms with Crippen LogP contribution in [0.1, 0.15) is 18.4 Å². The Bertz CT molecular complexity index is 897. The van der Waals surface area contributed by atoms with Gasteiger partial charge in [-0.15, -0.1) is 0 Å². The van der Waals surface area contributed by atoms with Crippen LogP contribution in [0.25, 0.3) is 11.4 Å². The van der Waals surface area contributed by atoms with Crippen molar-refractivity contribution in [1.29, 1.82) is 0 Å². The summed E-state index contributed by atoms with van der Waals surface area (Å²) < 4.78 is 41.5. The lowest BCUT2D eigenvalue weighted by molar-refractivity contribution is 0.174. The summed E-state index contributed by atoms with van der Waals surface area (Å²) in [6.07, 6.45) is 1.73. The minimum absolute atomic E-state index is 0.130. The monoisotopic (exact) mass is 366 g/mol. The van der Waals surface area contributed by atoms with Gasteiger partial charge in [-0.05, 0) is 31.7 Å². The van der Waals surface area contributed by atoms with E-state index in [1.807, 2.05) is 24.1 Å². The third-order valence-corrected chi connectivity index (χ3v) is 5.05. The molecular formula is C15H18N4O5S. The molecule has 0 aliphatic carbocycles. The van der Waals surface area contributed by atoms with Crippen molar-refractivity contribution in [3.05, 3.63) is 24.1 Å². The van der Waals surface area contributed by atoms with E-state index in [1.54, 1.807) is 6.07 Å². The van der Waals surface area contributed by atoms with Crippen molar-refractivity contribution in [2.24, 2.45) is 0 Å². The molecule has 0 amide bonds. The molecule has 25 heavy (non-hydrogen) atoms. The maximum atomic E-state index is 11.4. The summed E-state index contributed by atoms with van der Waals surface area (Å²) in [5.74, 6) is 2.27. The van der Waals surface area contributed by atoms with Gasteiger partial charge in [-0.1, -0.05) is 5.16 Å². The van der Waals surface area contributed by atoms with Gasteiger partial charge in [0, 0.05) is 18.2 Å². The quantitative estimate of drug-likeness (QED) is 0.845.